The smallest absolute Gasteiger partial charge is 0.226 e. The number of nitrogens with one attached hydrogen (secondary N) is 1. The standard InChI is InChI=1S/C10H9NO3/c1-6(13)7-2-3-9-8(4-7)11-10(5-12)14-9/h2-5,10-11H,1H3. The maximum Gasteiger partial charge on any atom is 0.226 e. The Bertz CT molecular complexity index is 400. The molecule has 0 bridgehead atoms. The van der Waals surface area contributed by atoms with Crippen LogP contribution in [0.25, 0.3) is 0 Å². The summed E-state index contributed by atoms with van der Waals surface area (Å²) in [5, 5.41) is 2.84. The summed E-state index contributed by atoms with van der Waals surface area (Å²) in [6, 6.07) is 5.04. The number of hydrogen-bond donors (Lipinski definition) is 1. The van der Waals surface area contributed by atoms with Crippen LogP contribution in [-0.4, -0.2) is 18.3 Å². The first-order valence-corrected chi connectivity index (χ1v) is 4.24. The monoisotopic (exact) mass is 191 g/mol. The highest BCUT2D eigenvalue weighted by atomic mass is 16.5. The van der Waals surface area contributed by atoms with Gasteiger partial charge in [0.1, 0.15) is 5.75 Å². The Morgan fingerprint density at radius 1 is 1.57 bits per heavy atom. The van der Waals surface area contributed by atoms with Gasteiger partial charge in [0, 0.05) is 5.56 Å². The Labute approximate surface area is 80.9 Å². The van der Waals surface area contributed by atoms with Crippen LogP contribution in [0.15, 0.2) is 18.2 Å². The van der Waals surface area contributed by atoms with Gasteiger partial charge in [0.25, 0.3) is 0 Å². The van der Waals surface area contributed by atoms with Crippen molar-refractivity contribution < 1.29 is 14.3 Å². The third-order valence-electron chi connectivity index (χ3n) is 2.06. The molecule has 72 valence electrons. The molecule has 0 aromatic heterocycles. The number of aldehydes is 1. The molecule has 0 saturated carbocycles. The average Bonchev–Trinajstić information content (AvgIpc) is 2.58. The first-order chi connectivity index (χ1) is 6.70. The highest BCUT2D eigenvalue weighted by Gasteiger charge is 2.21. The second kappa shape index (κ2) is 3.14. The van der Waals surface area contributed by atoms with Gasteiger partial charge >= 0.3 is 0 Å². The molecule has 0 spiro atoms. The molecule has 1 unspecified atom stereocenters. The van der Waals surface area contributed by atoms with Crippen LogP contribution >= 0.6 is 0 Å². The lowest BCUT2D eigenvalue weighted by molar-refractivity contribution is -0.112. The van der Waals surface area contributed by atoms with E-state index >= 15 is 0 Å². The van der Waals surface area contributed by atoms with Gasteiger partial charge in [0.05, 0.1) is 5.69 Å². The molecule has 1 N–H and O–H groups in total. The normalized spacial score (nSPS) is 17.9. The van der Waals surface area contributed by atoms with Crippen molar-refractivity contribution in [2.24, 2.45) is 0 Å². The van der Waals surface area contributed by atoms with E-state index < -0.39 is 6.23 Å². The molecule has 0 aliphatic carbocycles. The first kappa shape index (κ1) is 8.74. The van der Waals surface area contributed by atoms with Crippen LogP contribution in [-0.2, 0) is 4.79 Å². The molecule has 1 aliphatic heterocycles. The molecule has 1 aromatic rings. The summed E-state index contributed by atoms with van der Waals surface area (Å²) in [6.45, 7) is 1.49. The van der Waals surface area contributed by atoms with E-state index in [9.17, 15) is 9.59 Å². The van der Waals surface area contributed by atoms with Crippen molar-refractivity contribution >= 4 is 17.8 Å². The van der Waals surface area contributed by atoms with Crippen LogP contribution in [0.3, 0.4) is 0 Å². The maximum atomic E-state index is 11.1. The number of hydrogen-bond acceptors (Lipinski definition) is 4. The Morgan fingerprint density at radius 2 is 2.36 bits per heavy atom. The third kappa shape index (κ3) is 1.35. The summed E-state index contributed by atoms with van der Waals surface area (Å²) < 4.78 is 5.20. The summed E-state index contributed by atoms with van der Waals surface area (Å²) in [7, 11) is 0. The fourth-order valence-corrected chi connectivity index (χ4v) is 1.35. The molecular formula is C10H9NO3. The van der Waals surface area contributed by atoms with Crippen molar-refractivity contribution in [1.29, 1.82) is 0 Å². The van der Waals surface area contributed by atoms with Crippen LogP contribution < -0.4 is 10.1 Å². The topological polar surface area (TPSA) is 55.4 Å². The Hall–Kier alpha value is -1.84. The quantitative estimate of drug-likeness (QED) is 0.564. The Kier molecular flexibility index (Phi) is 1.96. The van der Waals surface area contributed by atoms with Gasteiger partial charge in [-0.1, -0.05) is 0 Å². The molecule has 0 saturated heterocycles. The van der Waals surface area contributed by atoms with Gasteiger partial charge in [-0.3, -0.25) is 9.59 Å². The van der Waals surface area contributed by atoms with E-state index in [0.29, 0.717) is 23.3 Å². The van der Waals surface area contributed by atoms with E-state index in [1.165, 1.54) is 6.92 Å². The van der Waals surface area contributed by atoms with Gasteiger partial charge in [0.2, 0.25) is 6.23 Å². The van der Waals surface area contributed by atoms with Crippen molar-refractivity contribution in [3.05, 3.63) is 23.8 Å². The Balaban J connectivity index is 2.35. The summed E-state index contributed by atoms with van der Waals surface area (Å²) in [5.41, 5.74) is 1.29. The minimum atomic E-state index is -0.632. The zero-order valence-corrected chi connectivity index (χ0v) is 7.61. The molecule has 0 radical (unpaired) electrons. The predicted molar refractivity (Wildman–Crippen MR) is 50.5 cm³/mol. The lowest BCUT2D eigenvalue weighted by Gasteiger charge is -1.99. The van der Waals surface area contributed by atoms with Crippen LogP contribution in [0.2, 0.25) is 0 Å². The summed E-state index contributed by atoms with van der Waals surface area (Å²) in [5.74, 6) is 0.594. The zero-order chi connectivity index (χ0) is 10.1. The molecule has 1 heterocycles. The molecule has 1 aromatic carbocycles. The number of Topliss-reactive ketones (excluding diaryl/α,β-unsaturated/α-hetero) is 1. The van der Waals surface area contributed by atoms with Gasteiger partial charge in [-0.25, -0.2) is 0 Å². The van der Waals surface area contributed by atoms with Crippen LogP contribution in [0.5, 0.6) is 5.75 Å². The molecule has 14 heavy (non-hydrogen) atoms. The summed E-state index contributed by atoms with van der Waals surface area (Å²) >= 11 is 0. The van der Waals surface area contributed by atoms with E-state index in [2.05, 4.69) is 5.32 Å². The molecule has 0 amide bonds. The largest absolute Gasteiger partial charge is 0.461 e. The minimum absolute atomic E-state index is 0.0100. The number of fused-ring (bicyclic) bond motifs is 1. The molecule has 4 nitrogen and oxygen atoms in total. The van der Waals surface area contributed by atoms with Gasteiger partial charge in [-0.05, 0) is 25.1 Å². The zero-order valence-electron chi connectivity index (χ0n) is 7.61. The maximum absolute atomic E-state index is 11.1. The van der Waals surface area contributed by atoms with Crippen molar-refractivity contribution in [3.8, 4) is 5.75 Å². The number of rotatable bonds is 2. The average molecular weight is 191 g/mol. The molecule has 1 atom stereocenters. The first-order valence-electron chi connectivity index (χ1n) is 4.24. The Morgan fingerprint density at radius 3 is 3.00 bits per heavy atom. The SMILES string of the molecule is CC(=O)c1ccc2c(c1)NC(C=O)O2. The van der Waals surface area contributed by atoms with E-state index in [4.69, 9.17) is 4.74 Å². The summed E-state index contributed by atoms with van der Waals surface area (Å²) in [6.07, 6.45) is 0.0418. The van der Waals surface area contributed by atoms with Crippen LogP contribution in [0.1, 0.15) is 17.3 Å². The van der Waals surface area contributed by atoms with Gasteiger partial charge in [0.15, 0.2) is 12.1 Å². The highest BCUT2D eigenvalue weighted by Crippen LogP contribution is 2.31. The highest BCUT2D eigenvalue weighted by molar-refractivity contribution is 5.95. The minimum Gasteiger partial charge on any atom is -0.461 e. The molecular weight excluding hydrogens is 182 g/mol. The van der Waals surface area contributed by atoms with Gasteiger partial charge < -0.3 is 10.1 Å². The lowest BCUT2D eigenvalue weighted by Crippen LogP contribution is -2.20. The predicted octanol–water partition coefficient (Wildman–Crippen LogP) is 1.22. The number of carbonyl (C=O) groups excluding carboxylic acids is 2. The summed E-state index contributed by atoms with van der Waals surface area (Å²) in [4.78, 5) is 21.5. The molecule has 0 fully saturated rings. The van der Waals surface area contributed by atoms with Crippen molar-refractivity contribution in [2.75, 3.05) is 5.32 Å². The third-order valence-corrected chi connectivity index (χ3v) is 2.06. The lowest BCUT2D eigenvalue weighted by atomic mass is 10.1. The van der Waals surface area contributed by atoms with Crippen LogP contribution in [0.4, 0.5) is 5.69 Å². The van der Waals surface area contributed by atoms with E-state index in [1.54, 1.807) is 18.2 Å². The van der Waals surface area contributed by atoms with Crippen LogP contribution in [0, 0.1) is 0 Å². The van der Waals surface area contributed by atoms with Crippen molar-refractivity contribution in [3.63, 3.8) is 0 Å². The number of anilines is 1. The van der Waals surface area contributed by atoms with Crippen molar-refractivity contribution in [2.45, 2.75) is 13.2 Å². The molecule has 2 rings (SSSR count). The number of ketones is 1. The molecule has 4 heteroatoms. The van der Waals surface area contributed by atoms with Gasteiger partial charge in [-0.2, -0.15) is 0 Å². The number of carbonyl (C=O) groups is 2. The van der Waals surface area contributed by atoms with E-state index in [1.807, 2.05) is 0 Å². The van der Waals surface area contributed by atoms with E-state index in [-0.39, 0.29) is 5.78 Å². The van der Waals surface area contributed by atoms with E-state index in [0.717, 1.165) is 0 Å². The molecule has 1 aliphatic rings. The number of ether oxygens (including phenoxy) is 1. The number of benzene rings is 1. The fourth-order valence-electron chi connectivity index (χ4n) is 1.35. The van der Waals surface area contributed by atoms with Crippen molar-refractivity contribution in [1.82, 2.24) is 0 Å². The van der Waals surface area contributed by atoms with Gasteiger partial charge in [-0.15, -0.1) is 0 Å². The fraction of sp³-hybridized carbons (Fsp3) is 0.200. The second-order valence-electron chi connectivity index (χ2n) is 3.09. The second-order valence-corrected chi connectivity index (χ2v) is 3.09.